The molecule has 5 heteroatoms. The standard InChI is InChI=1S/C9H7NOS.C7H13N.ClH/c10-9(11)8-5-6-3-1-2-4-7(6)12-8;1-4-8-5-2-7(1)3-6-8;/h1-5H,(H2,10,11);7H,1-6H2;1H. The molecule has 3 aliphatic rings. The van der Waals surface area contributed by atoms with Gasteiger partial charge in [-0.05, 0) is 62.3 Å². The van der Waals surface area contributed by atoms with Gasteiger partial charge in [0.05, 0.1) is 4.88 Å². The van der Waals surface area contributed by atoms with E-state index in [9.17, 15) is 4.79 Å². The van der Waals surface area contributed by atoms with Crippen LogP contribution in [0.4, 0.5) is 0 Å². The van der Waals surface area contributed by atoms with Crippen LogP contribution in [0.5, 0.6) is 0 Å². The van der Waals surface area contributed by atoms with Crippen molar-refractivity contribution in [3.63, 3.8) is 0 Å². The molecule has 4 heterocycles. The highest BCUT2D eigenvalue weighted by Crippen LogP contribution is 2.26. The number of fused-ring (bicyclic) bond motifs is 4. The van der Waals surface area contributed by atoms with Crippen molar-refractivity contribution >= 4 is 39.7 Å². The molecule has 0 unspecified atom stereocenters. The number of primary amides is 1. The quantitative estimate of drug-likeness (QED) is 0.872. The fourth-order valence-corrected chi connectivity index (χ4v) is 3.88. The molecular weight excluding hydrogens is 304 g/mol. The molecule has 0 aliphatic carbocycles. The molecule has 21 heavy (non-hydrogen) atoms. The normalized spacial score (nSPS) is 23.0. The van der Waals surface area contributed by atoms with Crippen LogP contribution >= 0.6 is 23.7 Å². The molecule has 0 saturated carbocycles. The maximum Gasteiger partial charge on any atom is 0.258 e. The lowest BCUT2D eigenvalue weighted by molar-refractivity contribution is 0.100. The van der Waals surface area contributed by atoms with Gasteiger partial charge in [0.1, 0.15) is 0 Å². The van der Waals surface area contributed by atoms with E-state index in [-0.39, 0.29) is 18.3 Å². The SMILES string of the molecule is C1CN2CCC1CC2.Cl.NC(=O)c1cc2ccccc2s1. The maximum atomic E-state index is 10.8. The number of carbonyl (C=O) groups excluding carboxylic acids is 1. The summed E-state index contributed by atoms with van der Waals surface area (Å²) in [5, 5.41) is 1.08. The second-order valence-electron chi connectivity index (χ2n) is 5.59. The third-order valence-corrected chi connectivity index (χ3v) is 5.36. The van der Waals surface area contributed by atoms with Gasteiger partial charge in [-0.3, -0.25) is 4.79 Å². The highest BCUT2D eigenvalue weighted by Gasteiger charge is 2.24. The summed E-state index contributed by atoms with van der Waals surface area (Å²) in [5.74, 6) is 0.760. The molecule has 1 amide bonds. The molecule has 0 radical (unpaired) electrons. The number of hydrogen-bond acceptors (Lipinski definition) is 3. The van der Waals surface area contributed by atoms with Gasteiger partial charge >= 0.3 is 0 Å². The molecule has 3 saturated heterocycles. The van der Waals surface area contributed by atoms with E-state index in [0.29, 0.717) is 4.88 Å². The number of rotatable bonds is 1. The van der Waals surface area contributed by atoms with Crippen LogP contribution in [0.2, 0.25) is 0 Å². The molecule has 5 rings (SSSR count). The molecule has 1 aromatic carbocycles. The van der Waals surface area contributed by atoms with Crippen molar-refractivity contribution in [2.24, 2.45) is 11.7 Å². The Bertz CT molecular complexity index is 549. The first kappa shape index (κ1) is 16.3. The van der Waals surface area contributed by atoms with Gasteiger partial charge in [-0.1, -0.05) is 18.2 Å². The fourth-order valence-electron chi connectivity index (χ4n) is 2.97. The Morgan fingerprint density at radius 2 is 1.76 bits per heavy atom. The van der Waals surface area contributed by atoms with Gasteiger partial charge in [0.15, 0.2) is 0 Å². The summed E-state index contributed by atoms with van der Waals surface area (Å²) in [6.07, 6.45) is 4.46. The van der Waals surface area contributed by atoms with Crippen LogP contribution < -0.4 is 5.73 Å². The van der Waals surface area contributed by atoms with E-state index < -0.39 is 0 Å². The average Bonchev–Trinajstić information content (AvgIpc) is 2.94. The summed E-state index contributed by atoms with van der Waals surface area (Å²) in [4.78, 5) is 14.0. The highest BCUT2D eigenvalue weighted by molar-refractivity contribution is 7.20. The Balaban J connectivity index is 0.000000157. The zero-order valence-electron chi connectivity index (χ0n) is 12.0. The largest absolute Gasteiger partial charge is 0.365 e. The van der Waals surface area contributed by atoms with Gasteiger partial charge in [0, 0.05) is 4.70 Å². The molecule has 0 atom stereocenters. The number of piperidine rings is 3. The Morgan fingerprint density at radius 1 is 1.14 bits per heavy atom. The average molecular weight is 325 g/mol. The Hall–Kier alpha value is -1.10. The van der Waals surface area contributed by atoms with Gasteiger partial charge in [-0.2, -0.15) is 0 Å². The first-order valence-corrected chi connectivity index (χ1v) is 8.05. The van der Waals surface area contributed by atoms with Crippen molar-refractivity contribution in [2.75, 3.05) is 19.6 Å². The third kappa shape index (κ3) is 3.96. The van der Waals surface area contributed by atoms with Gasteiger partial charge in [0.2, 0.25) is 0 Å². The van der Waals surface area contributed by atoms with Crippen molar-refractivity contribution in [2.45, 2.75) is 19.3 Å². The molecule has 3 nitrogen and oxygen atoms in total. The van der Waals surface area contributed by atoms with Gasteiger partial charge < -0.3 is 10.6 Å². The van der Waals surface area contributed by atoms with E-state index >= 15 is 0 Å². The summed E-state index contributed by atoms with van der Waals surface area (Å²) in [6, 6.07) is 9.66. The van der Waals surface area contributed by atoms with Crippen molar-refractivity contribution in [3.05, 3.63) is 35.2 Å². The van der Waals surface area contributed by atoms with E-state index in [1.54, 1.807) is 0 Å². The van der Waals surface area contributed by atoms with Crippen molar-refractivity contribution in [1.82, 2.24) is 4.90 Å². The molecule has 2 bridgehead atoms. The highest BCUT2D eigenvalue weighted by atomic mass is 35.5. The molecule has 3 fully saturated rings. The summed E-state index contributed by atoms with van der Waals surface area (Å²) < 4.78 is 1.10. The lowest BCUT2D eigenvalue weighted by atomic mass is 9.89. The zero-order valence-corrected chi connectivity index (χ0v) is 13.6. The topological polar surface area (TPSA) is 46.3 Å². The Morgan fingerprint density at radius 3 is 2.19 bits per heavy atom. The molecular formula is C16H21ClN2OS. The van der Waals surface area contributed by atoms with Gasteiger partial charge in [0.25, 0.3) is 5.91 Å². The molecule has 3 aliphatic heterocycles. The second-order valence-corrected chi connectivity index (χ2v) is 6.67. The lowest BCUT2D eigenvalue weighted by Crippen LogP contribution is -2.41. The van der Waals surface area contributed by atoms with E-state index in [1.807, 2.05) is 30.3 Å². The predicted molar refractivity (Wildman–Crippen MR) is 91.4 cm³/mol. The summed E-state index contributed by atoms with van der Waals surface area (Å²) in [6.45, 7) is 4.18. The van der Waals surface area contributed by atoms with Crippen LogP contribution in [0.25, 0.3) is 10.1 Å². The zero-order chi connectivity index (χ0) is 13.9. The van der Waals surface area contributed by atoms with Crippen LogP contribution in [-0.4, -0.2) is 30.4 Å². The van der Waals surface area contributed by atoms with E-state index in [2.05, 4.69) is 4.90 Å². The smallest absolute Gasteiger partial charge is 0.258 e. The fraction of sp³-hybridized carbons (Fsp3) is 0.438. The molecule has 2 N–H and O–H groups in total. The number of hydrogen-bond donors (Lipinski definition) is 1. The van der Waals surface area contributed by atoms with Crippen LogP contribution in [0.1, 0.15) is 28.9 Å². The second kappa shape index (κ2) is 7.25. The summed E-state index contributed by atoms with van der Waals surface area (Å²) >= 11 is 1.43. The lowest BCUT2D eigenvalue weighted by Gasteiger charge is -2.38. The van der Waals surface area contributed by atoms with Crippen molar-refractivity contribution < 1.29 is 4.79 Å². The Labute approximate surface area is 135 Å². The molecule has 0 spiro atoms. The minimum absolute atomic E-state index is 0. The predicted octanol–water partition coefficient (Wildman–Crippen LogP) is 3.52. The molecule has 114 valence electrons. The number of nitrogens with two attached hydrogens (primary N) is 1. The molecule has 2 aromatic rings. The van der Waals surface area contributed by atoms with E-state index in [1.165, 1.54) is 50.2 Å². The number of amides is 1. The van der Waals surface area contributed by atoms with E-state index in [4.69, 9.17) is 5.73 Å². The van der Waals surface area contributed by atoms with Crippen LogP contribution in [-0.2, 0) is 0 Å². The van der Waals surface area contributed by atoms with Crippen molar-refractivity contribution in [1.29, 1.82) is 0 Å². The Kier molecular flexibility index (Phi) is 5.62. The maximum absolute atomic E-state index is 10.8. The monoisotopic (exact) mass is 324 g/mol. The summed E-state index contributed by atoms with van der Waals surface area (Å²) in [5.41, 5.74) is 5.15. The number of carbonyl (C=O) groups is 1. The number of benzene rings is 1. The third-order valence-electron chi connectivity index (χ3n) is 4.23. The van der Waals surface area contributed by atoms with Crippen LogP contribution in [0.3, 0.4) is 0 Å². The number of halogens is 1. The number of thiophene rings is 1. The minimum atomic E-state index is -0.351. The first-order valence-electron chi connectivity index (χ1n) is 7.23. The summed E-state index contributed by atoms with van der Waals surface area (Å²) in [7, 11) is 0. The van der Waals surface area contributed by atoms with Crippen LogP contribution in [0.15, 0.2) is 30.3 Å². The van der Waals surface area contributed by atoms with E-state index in [0.717, 1.165) is 16.0 Å². The van der Waals surface area contributed by atoms with Crippen LogP contribution in [0, 0.1) is 5.92 Å². The number of nitrogens with zero attached hydrogens (tertiary/aromatic N) is 1. The first-order chi connectivity index (χ1) is 9.72. The van der Waals surface area contributed by atoms with Gasteiger partial charge in [-0.15, -0.1) is 23.7 Å². The van der Waals surface area contributed by atoms with Crippen molar-refractivity contribution in [3.8, 4) is 0 Å². The van der Waals surface area contributed by atoms with Gasteiger partial charge in [-0.25, -0.2) is 0 Å². The molecule has 1 aromatic heterocycles. The minimum Gasteiger partial charge on any atom is -0.365 e.